The van der Waals surface area contributed by atoms with Gasteiger partial charge < -0.3 is 10.6 Å². The number of piperidine rings is 1. The molecule has 4 atom stereocenters. The molecule has 3 heteroatoms. The third-order valence-electron chi connectivity index (χ3n) is 2.92. The van der Waals surface area contributed by atoms with E-state index in [1.807, 2.05) is 6.92 Å². The van der Waals surface area contributed by atoms with Crippen LogP contribution in [-0.4, -0.2) is 24.0 Å². The van der Waals surface area contributed by atoms with Crippen molar-refractivity contribution in [2.24, 2.45) is 5.92 Å². The van der Waals surface area contributed by atoms with Crippen molar-refractivity contribution in [3.8, 4) is 0 Å². The highest BCUT2D eigenvalue weighted by Crippen LogP contribution is 2.40. The molecular formula is C10H16N2O. The molecule has 2 rings (SSSR count). The second-order valence-corrected chi connectivity index (χ2v) is 4.09. The zero-order valence-corrected chi connectivity index (χ0v) is 7.92. The monoisotopic (exact) mass is 180 g/mol. The maximum atomic E-state index is 11.6. The largest absolute Gasteiger partial charge is 0.349 e. The maximum Gasteiger partial charge on any atom is 0.237 e. The Morgan fingerprint density at radius 2 is 2.46 bits per heavy atom. The lowest BCUT2D eigenvalue weighted by Crippen LogP contribution is -2.44. The van der Waals surface area contributed by atoms with Crippen molar-refractivity contribution in [3.05, 3.63) is 12.7 Å². The first-order valence-corrected chi connectivity index (χ1v) is 4.89. The number of hydrogen-bond acceptors (Lipinski definition) is 2. The minimum atomic E-state index is 0.0474. The molecule has 0 aromatic carbocycles. The Morgan fingerprint density at radius 1 is 1.69 bits per heavy atom. The number of hydrogen-bond donors (Lipinski definition) is 2. The van der Waals surface area contributed by atoms with E-state index >= 15 is 0 Å². The highest BCUT2D eigenvalue weighted by atomic mass is 16.2. The average molecular weight is 180 g/mol. The molecule has 2 fully saturated rings. The quantitative estimate of drug-likeness (QED) is 0.618. The van der Waals surface area contributed by atoms with Gasteiger partial charge in [-0.2, -0.15) is 0 Å². The molecule has 0 radical (unpaired) electrons. The third kappa shape index (κ3) is 1.75. The molecule has 1 saturated carbocycles. The number of carbonyl (C=O) groups is 1. The second-order valence-electron chi connectivity index (χ2n) is 4.09. The molecule has 0 spiro atoms. The van der Waals surface area contributed by atoms with Gasteiger partial charge in [-0.05, 0) is 25.7 Å². The molecule has 72 valence electrons. The third-order valence-corrected chi connectivity index (χ3v) is 2.92. The zero-order chi connectivity index (χ0) is 9.42. The predicted octanol–water partition coefficient (Wildman–Crippen LogP) is 0.427. The summed E-state index contributed by atoms with van der Waals surface area (Å²) in [6.07, 6.45) is 4.02. The molecule has 0 aromatic rings. The Hall–Kier alpha value is -0.830. The first kappa shape index (κ1) is 8.75. The Balaban J connectivity index is 1.80. The Labute approximate surface area is 78.6 Å². The molecule has 0 aromatic heterocycles. The summed E-state index contributed by atoms with van der Waals surface area (Å²) in [5, 5.41) is 6.20. The van der Waals surface area contributed by atoms with Crippen molar-refractivity contribution in [2.45, 2.75) is 37.9 Å². The lowest BCUT2D eigenvalue weighted by atomic mass is 10.1. The number of rotatable bonds is 3. The summed E-state index contributed by atoms with van der Waals surface area (Å²) in [6, 6.07) is 0.757. The number of amides is 1. The lowest BCUT2D eigenvalue weighted by molar-refractivity contribution is -0.123. The van der Waals surface area contributed by atoms with E-state index in [0.717, 1.165) is 12.3 Å². The molecule has 0 bridgehead atoms. The number of nitrogens with one attached hydrogen (secondary N) is 2. The summed E-state index contributed by atoms with van der Waals surface area (Å²) in [5.74, 6) is 0.898. The van der Waals surface area contributed by atoms with E-state index in [9.17, 15) is 4.79 Å². The van der Waals surface area contributed by atoms with Crippen LogP contribution in [0.3, 0.4) is 0 Å². The molecule has 1 amide bonds. The van der Waals surface area contributed by atoms with Crippen molar-refractivity contribution < 1.29 is 4.79 Å². The van der Waals surface area contributed by atoms with Crippen LogP contribution in [0.15, 0.2) is 12.7 Å². The van der Waals surface area contributed by atoms with E-state index < -0.39 is 0 Å². The molecule has 13 heavy (non-hydrogen) atoms. The van der Waals surface area contributed by atoms with Crippen molar-refractivity contribution >= 4 is 5.91 Å². The molecule has 1 aliphatic carbocycles. The molecule has 2 N–H and O–H groups in total. The van der Waals surface area contributed by atoms with E-state index in [1.165, 1.54) is 6.42 Å². The average Bonchev–Trinajstić information content (AvgIpc) is 2.73. The van der Waals surface area contributed by atoms with Crippen LogP contribution in [-0.2, 0) is 4.79 Å². The summed E-state index contributed by atoms with van der Waals surface area (Å²) >= 11 is 0. The van der Waals surface area contributed by atoms with Crippen molar-refractivity contribution in [2.75, 3.05) is 0 Å². The topological polar surface area (TPSA) is 41.1 Å². The van der Waals surface area contributed by atoms with E-state index in [1.54, 1.807) is 6.08 Å². The number of carbonyl (C=O) groups excluding carboxylic acids is 1. The highest BCUT2D eigenvalue weighted by Gasteiger charge is 2.47. The van der Waals surface area contributed by atoms with Gasteiger partial charge in [0, 0.05) is 12.1 Å². The standard InChI is InChI=1S/C10H16N2O/c1-3-6(2)11-10(13)9-5-7-4-8(7)12-9/h3,6-9,12H,1,4-5H2,2H3,(H,11,13)/t6?,7-,8-,9-/m0/s1. The van der Waals surface area contributed by atoms with E-state index in [4.69, 9.17) is 0 Å². The summed E-state index contributed by atoms with van der Waals surface area (Å²) in [4.78, 5) is 11.6. The van der Waals surface area contributed by atoms with Gasteiger partial charge in [0.15, 0.2) is 0 Å². The molecule has 1 aliphatic heterocycles. The van der Waals surface area contributed by atoms with E-state index in [2.05, 4.69) is 17.2 Å². The first-order chi connectivity index (χ1) is 6.20. The molecule has 1 saturated heterocycles. The van der Waals surface area contributed by atoms with Crippen LogP contribution < -0.4 is 10.6 Å². The van der Waals surface area contributed by atoms with Gasteiger partial charge in [0.05, 0.1) is 6.04 Å². The second kappa shape index (κ2) is 3.14. The summed E-state index contributed by atoms with van der Waals surface area (Å²) in [6.45, 7) is 5.56. The van der Waals surface area contributed by atoms with Crippen LogP contribution in [0.5, 0.6) is 0 Å². The minimum absolute atomic E-state index is 0.0474. The van der Waals surface area contributed by atoms with Gasteiger partial charge in [0.25, 0.3) is 0 Å². The Morgan fingerprint density at radius 3 is 3.00 bits per heavy atom. The minimum Gasteiger partial charge on any atom is -0.349 e. The Bertz CT molecular complexity index is 229. The zero-order valence-electron chi connectivity index (χ0n) is 7.92. The van der Waals surface area contributed by atoms with Gasteiger partial charge >= 0.3 is 0 Å². The van der Waals surface area contributed by atoms with Crippen LogP contribution in [0, 0.1) is 5.92 Å². The van der Waals surface area contributed by atoms with Crippen LogP contribution in [0.2, 0.25) is 0 Å². The van der Waals surface area contributed by atoms with Crippen LogP contribution in [0.1, 0.15) is 19.8 Å². The van der Waals surface area contributed by atoms with Gasteiger partial charge in [-0.1, -0.05) is 6.08 Å². The van der Waals surface area contributed by atoms with Gasteiger partial charge in [0.1, 0.15) is 0 Å². The molecule has 3 nitrogen and oxygen atoms in total. The predicted molar refractivity (Wildman–Crippen MR) is 51.2 cm³/mol. The van der Waals surface area contributed by atoms with Gasteiger partial charge in [-0.25, -0.2) is 0 Å². The van der Waals surface area contributed by atoms with Crippen LogP contribution in [0.25, 0.3) is 0 Å². The van der Waals surface area contributed by atoms with Crippen molar-refractivity contribution in [1.82, 2.24) is 10.6 Å². The van der Waals surface area contributed by atoms with Gasteiger partial charge in [-0.15, -0.1) is 6.58 Å². The lowest BCUT2D eigenvalue weighted by Gasteiger charge is -2.15. The molecule has 2 aliphatic rings. The van der Waals surface area contributed by atoms with E-state index in [-0.39, 0.29) is 18.0 Å². The van der Waals surface area contributed by atoms with Gasteiger partial charge in [-0.3, -0.25) is 4.79 Å². The first-order valence-electron chi connectivity index (χ1n) is 4.89. The molecule has 1 unspecified atom stereocenters. The highest BCUT2D eigenvalue weighted by molar-refractivity contribution is 5.82. The Kier molecular flexibility index (Phi) is 2.12. The van der Waals surface area contributed by atoms with Gasteiger partial charge in [0.2, 0.25) is 5.91 Å². The fourth-order valence-electron chi connectivity index (χ4n) is 1.91. The fourth-order valence-corrected chi connectivity index (χ4v) is 1.91. The maximum absolute atomic E-state index is 11.6. The normalized spacial score (nSPS) is 37.8. The summed E-state index contributed by atoms with van der Waals surface area (Å²) in [5.41, 5.74) is 0. The van der Waals surface area contributed by atoms with Crippen LogP contribution in [0.4, 0.5) is 0 Å². The molecule has 1 heterocycles. The van der Waals surface area contributed by atoms with Crippen molar-refractivity contribution in [3.63, 3.8) is 0 Å². The fraction of sp³-hybridized carbons (Fsp3) is 0.700. The summed E-state index contributed by atoms with van der Waals surface area (Å²) < 4.78 is 0. The SMILES string of the molecule is C=CC(C)NC(=O)[C@@H]1C[C@@H]2C[C@@H]2N1. The van der Waals surface area contributed by atoms with Crippen molar-refractivity contribution in [1.29, 1.82) is 0 Å². The summed E-state index contributed by atoms with van der Waals surface area (Å²) in [7, 11) is 0. The number of fused-ring (bicyclic) bond motifs is 1. The van der Waals surface area contributed by atoms with E-state index in [0.29, 0.717) is 6.04 Å². The molecular weight excluding hydrogens is 164 g/mol. The van der Waals surface area contributed by atoms with Crippen LogP contribution >= 0.6 is 0 Å². The smallest absolute Gasteiger partial charge is 0.237 e.